The van der Waals surface area contributed by atoms with Crippen LogP contribution in [-0.2, 0) is 4.79 Å². The molecule has 0 radical (unpaired) electrons. The van der Waals surface area contributed by atoms with E-state index in [1.807, 2.05) is 0 Å². The van der Waals surface area contributed by atoms with Gasteiger partial charge in [0, 0.05) is 18.4 Å². The molecule has 26 heavy (non-hydrogen) atoms. The first-order valence-corrected chi connectivity index (χ1v) is 9.36. The average molecular weight is 355 g/mol. The third-order valence-electron chi connectivity index (χ3n) is 5.99. The quantitative estimate of drug-likeness (QED) is 0.781. The van der Waals surface area contributed by atoms with Gasteiger partial charge in [-0.3, -0.25) is 9.69 Å². The smallest absolute Gasteiger partial charge is 0.140 e. The molecule has 0 aromatic heterocycles. The Bertz CT molecular complexity index is 741. The van der Waals surface area contributed by atoms with Crippen LogP contribution in [0.15, 0.2) is 48.5 Å². The SMILES string of the molecule is O=C1CCCC12CCCN(C(c1ccc(F)cc1)c1ccc(F)cc1)C2. The molecular formula is C22H23F2NO. The van der Waals surface area contributed by atoms with Crippen LogP contribution in [-0.4, -0.2) is 23.8 Å². The van der Waals surface area contributed by atoms with Gasteiger partial charge in [0.15, 0.2) is 0 Å². The minimum absolute atomic E-state index is 0.0956. The maximum Gasteiger partial charge on any atom is 0.140 e. The highest BCUT2D eigenvalue weighted by Crippen LogP contribution is 2.45. The van der Waals surface area contributed by atoms with E-state index in [4.69, 9.17) is 0 Å². The minimum Gasteiger partial charge on any atom is -0.299 e. The van der Waals surface area contributed by atoms with E-state index in [1.165, 1.54) is 24.3 Å². The summed E-state index contributed by atoms with van der Waals surface area (Å²) in [6.07, 6.45) is 4.56. The normalized spacial score (nSPS) is 23.9. The number of ketones is 1. The van der Waals surface area contributed by atoms with Crippen molar-refractivity contribution in [1.29, 1.82) is 0 Å². The Hall–Kier alpha value is -2.07. The lowest BCUT2D eigenvalue weighted by atomic mass is 9.76. The predicted octanol–water partition coefficient (Wildman–Crippen LogP) is 4.89. The van der Waals surface area contributed by atoms with Gasteiger partial charge in [-0.05, 0) is 67.6 Å². The number of rotatable bonds is 3. The number of carbonyl (C=O) groups is 1. The third-order valence-corrected chi connectivity index (χ3v) is 5.99. The van der Waals surface area contributed by atoms with Crippen molar-refractivity contribution in [2.75, 3.05) is 13.1 Å². The molecule has 2 aliphatic rings. The number of piperidine rings is 1. The molecule has 0 N–H and O–H groups in total. The average Bonchev–Trinajstić information content (AvgIpc) is 2.98. The number of Topliss-reactive ketones (excluding diaryl/α,β-unsaturated/α-hetero) is 1. The lowest BCUT2D eigenvalue weighted by molar-refractivity contribution is -0.129. The lowest BCUT2D eigenvalue weighted by Gasteiger charge is -2.43. The maximum atomic E-state index is 13.4. The number of hydrogen-bond acceptors (Lipinski definition) is 2. The molecule has 4 heteroatoms. The van der Waals surface area contributed by atoms with Gasteiger partial charge < -0.3 is 0 Å². The predicted molar refractivity (Wildman–Crippen MR) is 96.7 cm³/mol. The number of benzene rings is 2. The second-order valence-corrected chi connectivity index (χ2v) is 7.64. The molecular weight excluding hydrogens is 332 g/mol. The van der Waals surface area contributed by atoms with Gasteiger partial charge in [-0.25, -0.2) is 8.78 Å². The molecule has 136 valence electrons. The monoisotopic (exact) mass is 355 g/mol. The summed E-state index contributed by atoms with van der Waals surface area (Å²) < 4.78 is 26.9. The van der Waals surface area contributed by atoms with Gasteiger partial charge in [0.1, 0.15) is 17.4 Å². The van der Waals surface area contributed by atoms with E-state index in [0.717, 1.165) is 49.9 Å². The van der Waals surface area contributed by atoms with Crippen LogP contribution in [0.2, 0.25) is 0 Å². The maximum absolute atomic E-state index is 13.4. The van der Waals surface area contributed by atoms with E-state index in [0.29, 0.717) is 12.2 Å². The van der Waals surface area contributed by atoms with Crippen molar-refractivity contribution in [3.63, 3.8) is 0 Å². The molecule has 0 bridgehead atoms. The topological polar surface area (TPSA) is 20.3 Å². The third kappa shape index (κ3) is 3.18. The molecule has 0 amide bonds. The molecule has 1 aliphatic heterocycles. The molecule has 1 atom stereocenters. The van der Waals surface area contributed by atoms with Gasteiger partial charge in [-0.2, -0.15) is 0 Å². The summed E-state index contributed by atoms with van der Waals surface area (Å²) in [5, 5.41) is 0. The first kappa shape index (κ1) is 17.3. The Kier molecular flexibility index (Phi) is 4.62. The van der Waals surface area contributed by atoms with Crippen LogP contribution in [0, 0.1) is 17.0 Å². The minimum atomic E-state index is -0.271. The van der Waals surface area contributed by atoms with Crippen LogP contribution in [0.25, 0.3) is 0 Å². The zero-order valence-corrected chi connectivity index (χ0v) is 14.8. The van der Waals surface area contributed by atoms with Gasteiger partial charge in [-0.1, -0.05) is 24.3 Å². The zero-order chi connectivity index (χ0) is 18.1. The van der Waals surface area contributed by atoms with Gasteiger partial charge in [0.2, 0.25) is 0 Å². The van der Waals surface area contributed by atoms with E-state index in [9.17, 15) is 13.6 Å². The van der Waals surface area contributed by atoms with E-state index in [1.54, 1.807) is 24.3 Å². The molecule has 2 nitrogen and oxygen atoms in total. The number of carbonyl (C=O) groups excluding carboxylic acids is 1. The molecule has 1 saturated heterocycles. The molecule has 4 rings (SSSR count). The van der Waals surface area contributed by atoms with Crippen molar-refractivity contribution < 1.29 is 13.6 Å². The molecule has 2 fully saturated rings. The standard InChI is InChI=1S/C22H23F2NO/c23-18-8-4-16(5-9-18)21(17-6-10-19(24)11-7-17)25-14-2-13-22(15-25)12-1-3-20(22)26/h4-11,21H,1-3,12-15H2. The van der Waals surface area contributed by atoms with Crippen molar-refractivity contribution >= 4 is 5.78 Å². The van der Waals surface area contributed by atoms with Crippen LogP contribution in [0.5, 0.6) is 0 Å². The summed E-state index contributed by atoms with van der Waals surface area (Å²) in [6.45, 7) is 1.61. The largest absolute Gasteiger partial charge is 0.299 e. The number of halogens is 2. The summed E-state index contributed by atoms with van der Waals surface area (Å²) >= 11 is 0. The lowest BCUT2D eigenvalue weighted by Crippen LogP contribution is -2.47. The highest BCUT2D eigenvalue weighted by atomic mass is 19.1. The second kappa shape index (κ2) is 6.92. The number of likely N-dealkylation sites (tertiary alicyclic amines) is 1. The second-order valence-electron chi connectivity index (χ2n) is 7.64. The van der Waals surface area contributed by atoms with Crippen molar-refractivity contribution in [3.8, 4) is 0 Å². The van der Waals surface area contributed by atoms with Gasteiger partial charge in [0.25, 0.3) is 0 Å². The Balaban J connectivity index is 1.71. The molecule has 1 unspecified atom stereocenters. The fraction of sp³-hybridized carbons (Fsp3) is 0.409. The van der Waals surface area contributed by atoms with Crippen molar-refractivity contribution in [2.45, 2.75) is 38.1 Å². The first-order valence-electron chi connectivity index (χ1n) is 9.36. The van der Waals surface area contributed by atoms with Crippen molar-refractivity contribution in [2.24, 2.45) is 5.41 Å². The summed E-state index contributed by atoms with van der Waals surface area (Å²) in [7, 11) is 0. The Morgan fingerprint density at radius 3 is 1.88 bits per heavy atom. The number of hydrogen-bond donors (Lipinski definition) is 0. The van der Waals surface area contributed by atoms with E-state index < -0.39 is 0 Å². The highest BCUT2D eigenvalue weighted by Gasteiger charge is 2.46. The summed E-state index contributed by atoms with van der Waals surface area (Å²) in [6, 6.07) is 12.9. The molecule has 1 saturated carbocycles. The van der Waals surface area contributed by atoms with Gasteiger partial charge in [-0.15, -0.1) is 0 Å². The van der Waals surface area contributed by atoms with E-state index in [2.05, 4.69) is 4.90 Å². The number of nitrogens with zero attached hydrogens (tertiary/aromatic N) is 1. The van der Waals surface area contributed by atoms with Crippen molar-refractivity contribution in [1.82, 2.24) is 4.90 Å². The van der Waals surface area contributed by atoms with Crippen LogP contribution in [0.3, 0.4) is 0 Å². The summed E-state index contributed by atoms with van der Waals surface area (Å²) in [4.78, 5) is 14.9. The van der Waals surface area contributed by atoms with Crippen LogP contribution in [0.1, 0.15) is 49.3 Å². The van der Waals surface area contributed by atoms with Crippen molar-refractivity contribution in [3.05, 3.63) is 71.3 Å². The van der Waals surface area contributed by atoms with Gasteiger partial charge >= 0.3 is 0 Å². The molecule has 2 aromatic carbocycles. The van der Waals surface area contributed by atoms with Crippen LogP contribution >= 0.6 is 0 Å². The van der Waals surface area contributed by atoms with E-state index >= 15 is 0 Å². The van der Waals surface area contributed by atoms with Crippen LogP contribution in [0.4, 0.5) is 8.78 Å². The molecule has 1 spiro atoms. The molecule has 2 aromatic rings. The Morgan fingerprint density at radius 2 is 1.38 bits per heavy atom. The Morgan fingerprint density at radius 1 is 0.846 bits per heavy atom. The molecule has 1 aliphatic carbocycles. The summed E-state index contributed by atoms with van der Waals surface area (Å²) in [5.41, 5.74) is 1.72. The Labute approximate surface area is 152 Å². The fourth-order valence-corrected chi connectivity index (χ4v) is 4.72. The highest BCUT2D eigenvalue weighted by molar-refractivity contribution is 5.87. The van der Waals surface area contributed by atoms with E-state index in [-0.39, 0.29) is 23.1 Å². The fourth-order valence-electron chi connectivity index (χ4n) is 4.72. The van der Waals surface area contributed by atoms with Crippen LogP contribution < -0.4 is 0 Å². The summed E-state index contributed by atoms with van der Waals surface area (Å²) in [5.74, 6) is -0.153. The molecule has 1 heterocycles. The first-order chi connectivity index (χ1) is 12.6. The van der Waals surface area contributed by atoms with Gasteiger partial charge in [0.05, 0.1) is 6.04 Å². The zero-order valence-electron chi connectivity index (χ0n) is 14.8.